The van der Waals surface area contributed by atoms with E-state index in [1.807, 2.05) is 18.2 Å². The van der Waals surface area contributed by atoms with Crippen molar-refractivity contribution in [2.24, 2.45) is 0 Å². The number of morpholine rings is 1. The predicted octanol–water partition coefficient (Wildman–Crippen LogP) is 2.20. The molecule has 1 aromatic rings. The Morgan fingerprint density at radius 3 is 3.00 bits per heavy atom. The molecule has 0 spiro atoms. The third-order valence-corrected chi connectivity index (χ3v) is 3.76. The van der Waals surface area contributed by atoms with Gasteiger partial charge in [0.1, 0.15) is 0 Å². The summed E-state index contributed by atoms with van der Waals surface area (Å²) in [7, 11) is 0. The zero-order valence-corrected chi connectivity index (χ0v) is 11.4. The van der Waals surface area contributed by atoms with Gasteiger partial charge in [0.15, 0.2) is 0 Å². The Morgan fingerprint density at radius 2 is 2.24 bits per heavy atom. The van der Waals surface area contributed by atoms with Crippen molar-refractivity contribution in [2.45, 2.75) is 12.5 Å². The van der Waals surface area contributed by atoms with E-state index in [-0.39, 0.29) is 12.7 Å². The first-order chi connectivity index (χ1) is 8.31. The zero-order valence-electron chi connectivity index (χ0n) is 9.81. The molecule has 1 unspecified atom stereocenters. The number of aliphatic hydroxyl groups is 1. The highest BCUT2D eigenvalue weighted by molar-refractivity contribution is 9.10. The van der Waals surface area contributed by atoms with Crippen LogP contribution in [0.25, 0.3) is 0 Å². The van der Waals surface area contributed by atoms with Crippen LogP contribution in [0.15, 0.2) is 28.7 Å². The van der Waals surface area contributed by atoms with Gasteiger partial charge in [0.2, 0.25) is 0 Å². The monoisotopic (exact) mass is 299 g/mol. The molecule has 1 fully saturated rings. The molecule has 1 atom stereocenters. The summed E-state index contributed by atoms with van der Waals surface area (Å²) in [5.74, 6) is 0. The fraction of sp³-hybridized carbons (Fsp3) is 0.538. The van der Waals surface area contributed by atoms with Crippen molar-refractivity contribution < 1.29 is 9.84 Å². The van der Waals surface area contributed by atoms with Crippen LogP contribution < -0.4 is 0 Å². The second-order valence-corrected chi connectivity index (χ2v) is 5.11. The quantitative estimate of drug-likeness (QED) is 0.925. The fourth-order valence-electron chi connectivity index (χ4n) is 2.12. The Balaban J connectivity index is 1.99. The van der Waals surface area contributed by atoms with Gasteiger partial charge in [-0.1, -0.05) is 34.1 Å². The van der Waals surface area contributed by atoms with Crippen molar-refractivity contribution in [2.75, 3.05) is 32.8 Å². The van der Waals surface area contributed by atoms with Crippen molar-refractivity contribution in [3.8, 4) is 0 Å². The van der Waals surface area contributed by atoms with Gasteiger partial charge < -0.3 is 9.84 Å². The lowest BCUT2D eigenvalue weighted by Gasteiger charge is -2.33. The Kier molecular flexibility index (Phi) is 4.98. The van der Waals surface area contributed by atoms with Crippen LogP contribution in [-0.2, 0) is 4.74 Å². The van der Waals surface area contributed by atoms with Crippen LogP contribution >= 0.6 is 15.9 Å². The summed E-state index contributed by atoms with van der Waals surface area (Å²) < 4.78 is 6.93. The highest BCUT2D eigenvalue weighted by Crippen LogP contribution is 2.28. The molecule has 0 bridgehead atoms. The van der Waals surface area contributed by atoms with E-state index in [1.165, 1.54) is 5.56 Å². The smallest absolute Gasteiger partial charge is 0.0963 e. The number of rotatable bonds is 4. The number of aliphatic hydroxyl groups excluding tert-OH is 1. The van der Waals surface area contributed by atoms with Gasteiger partial charge in [-0.2, -0.15) is 0 Å². The minimum atomic E-state index is 0.137. The molecular weight excluding hydrogens is 282 g/mol. The van der Waals surface area contributed by atoms with Gasteiger partial charge in [0.25, 0.3) is 0 Å². The molecule has 0 radical (unpaired) electrons. The Labute approximate surface area is 111 Å². The fourth-order valence-corrected chi connectivity index (χ4v) is 2.66. The minimum absolute atomic E-state index is 0.137. The standard InChI is InChI=1S/C13H18BrNO2/c14-12-5-2-1-4-11(12)13-10-15(6-3-8-16)7-9-17-13/h1-2,4-5,13,16H,3,6-10H2. The highest BCUT2D eigenvalue weighted by Gasteiger charge is 2.22. The van der Waals surface area contributed by atoms with Gasteiger partial charge >= 0.3 is 0 Å². The van der Waals surface area contributed by atoms with Crippen LogP contribution in [0.3, 0.4) is 0 Å². The maximum absolute atomic E-state index is 8.86. The minimum Gasteiger partial charge on any atom is -0.396 e. The molecule has 2 rings (SSSR count). The average molecular weight is 300 g/mol. The lowest BCUT2D eigenvalue weighted by molar-refractivity contribution is -0.0315. The Hall–Kier alpha value is -0.420. The topological polar surface area (TPSA) is 32.7 Å². The van der Waals surface area contributed by atoms with Crippen molar-refractivity contribution in [3.63, 3.8) is 0 Å². The molecule has 17 heavy (non-hydrogen) atoms. The van der Waals surface area contributed by atoms with Crippen LogP contribution in [-0.4, -0.2) is 42.9 Å². The SMILES string of the molecule is OCCCN1CCOC(c2ccccc2Br)C1. The normalized spacial score (nSPS) is 21.6. The zero-order chi connectivity index (χ0) is 12.1. The van der Waals surface area contributed by atoms with Crippen molar-refractivity contribution in [3.05, 3.63) is 34.3 Å². The molecule has 94 valence electrons. The third-order valence-electron chi connectivity index (χ3n) is 3.04. The second kappa shape index (κ2) is 6.50. The molecule has 1 aliphatic heterocycles. The van der Waals surface area contributed by atoms with E-state index in [4.69, 9.17) is 9.84 Å². The van der Waals surface area contributed by atoms with E-state index in [1.54, 1.807) is 0 Å². The van der Waals surface area contributed by atoms with Gasteiger partial charge in [-0.3, -0.25) is 4.90 Å². The van der Waals surface area contributed by atoms with Gasteiger partial charge in [-0.25, -0.2) is 0 Å². The summed E-state index contributed by atoms with van der Waals surface area (Å²) in [6.07, 6.45) is 0.973. The molecule has 1 aromatic carbocycles. The van der Waals surface area contributed by atoms with Gasteiger partial charge in [-0.05, 0) is 18.1 Å². The number of benzene rings is 1. The average Bonchev–Trinajstić information content (AvgIpc) is 2.37. The van der Waals surface area contributed by atoms with Gasteiger partial charge in [0, 0.05) is 30.7 Å². The van der Waals surface area contributed by atoms with Crippen LogP contribution in [0, 0.1) is 0 Å². The van der Waals surface area contributed by atoms with E-state index >= 15 is 0 Å². The highest BCUT2D eigenvalue weighted by atomic mass is 79.9. The molecule has 3 nitrogen and oxygen atoms in total. The molecule has 4 heteroatoms. The van der Waals surface area contributed by atoms with Crippen molar-refractivity contribution in [1.82, 2.24) is 4.90 Å². The lowest BCUT2D eigenvalue weighted by Crippen LogP contribution is -2.39. The second-order valence-electron chi connectivity index (χ2n) is 4.26. The number of hydrogen-bond donors (Lipinski definition) is 1. The summed E-state index contributed by atoms with van der Waals surface area (Å²) >= 11 is 3.57. The van der Waals surface area contributed by atoms with E-state index in [9.17, 15) is 0 Å². The van der Waals surface area contributed by atoms with Gasteiger partial charge in [-0.15, -0.1) is 0 Å². The van der Waals surface area contributed by atoms with E-state index in [2.05, 4.69) is 26.9 Å². The van der Waals surface area contributed by atoms with Crippen molar-refractivity contribution >= 4 is 15.9 Å². The molecule has 1 N–H and O–H groups in total. The molecule has 1 heterocycles. The van der Waals surface area contributed by atoms with Crippen LogP contribution in [0.5, 0.6) is 0 Å². The first-order valence-corrected chi connectivity index (χ1v) is 6.80. The Bertz CT molecular complexity index is 359. The van der Waals surface area contributed by atoms with Crippen LogP contribution in [0.4, 0.5) is 0 Å². The summed E-state index contributed by atoms with van der Waals surface area (Å²) in [5, 5.41) is 8.86. The van der Waals surface area contributed by atoms with Crippen molar-refractivity contribution in [1.29, 1.82) is 0 Å². The number of nitrogens with zero attached hydrogens (tertiary/aromatic N) is 1. The summed E-state index contributed by atoms with van der Waals surface area (Å²) in [4.78, 5) is 2.35. The van der Waals surface area contributed by atoms with E-state index in [0.717, 1.165) is 37.1 Å². The predicted molar refractivity (Wildman–Crippen MR) is 71.0 cm³/mol. The molecular formula is C13H18BrNO2. The molecule has 0 aliphatic carbocycles. The number of hydrogen-bond acceptors (Lipinski definition) is 3. The largest absolute Gasteiger partial charge is 0.396 e. The molecule has 1 saturated heterocycles. The first kappa shape index (κ1) is 13.0. The molecule has 1 aliphatic rings. The summed E-state index contributed by atoms with van der Waals surface area (Å²) in [6, 6.07) is 8.20. The first-order valence-electron chi connectivity index (χ1n) is 6.00. The van der Waals surface area contributed by atoms with E-state index in [0.29, 0.717) is 0 Å². The maximum Gasteiger partial charge on any atom is 0.0963 e. The maximum atomic E-state index is 8.86. The molecule has 0 aromatic heterocycles. The summed E-state index contributed by atoms with van der Waals surface area (Å²) in [5.41, 5.74) is 1.21. The van der Waals surface area contributed by atoms with Crippen LogP contribution in [0.2, 0.25) is 0 Å². The third kappa shape index (κ3) is 3.52. The van der Waals surface area contributed by atoms with Gasteiger partial charge in [0.05, 0.1) is 12.7 Å². The van der Waals surface area contributed by atoms with Crippen LogP contribution in [0.1, 0.15) is 18.1 Å². The molecule has 0 amide bonds. The molecule has 0 saturated carbocycles. The van der Waals surface area contributed by atoms with E-state index < -0.39 is 0 Å². The Morgan fingerprint density at radius 1 is 1.41 bits per heavy atom. The number of ether oxygens (including phenoxy) is 1. The summed E-state index contributed by atoms with van der Waals surface area (Å²) in [6.45, 7) is 3.83. The lowest BCUT2D eigenvalue weighted by atomic mass is 10.1. The number of halogens is 1.